The summed E-state index contributed by atoms with van der Waals surface area (Å²) in [6.45, 7) is 12.2. The molecule has 3 aliphatic rings. The monoisotopic (exact) mass is 460 g/mol. The van der Waals surface area contributed by atoms with E-state index in [0.717, 1.165) is 58.7 Å². The Morgan fingerprint density at radius 1 is 0.941 bits per heavy atom. The Morgan fingerprint density at radius 3 is 2.32 bits per heavy atom. The Labute approximate surface area is 205 Å². The minimum Gasteiger partial charge on any atom is -0.472 e. The van der Waals surface area contributed by atoms with E-state index in [4.69, 9.17) is 4.42 Å². The first-order valence-electron chi connectivity index (χ1n) is 13.3. The first-order chi connectivity index (χ1) is 16.5. The van der Waals surface area contributed by atoms with Crippen molar-refractivity contribution in [1.82, 2.24) is 4.90 Å². The number of piperazine rings is 1. The predicted molar refractivity (Wildman–Crippen MR) is 138 cm³/mol. The third-order valence-electron chi connectivity index (χ3n) is 8.53. The second kappa shape index (κ2) is 10.0. The molecule has 1 aromatic carbocycles. The van der Waals surface area contributed by atoms with Crippen LogP contribution < -0.4 is 9.80 Å². The highest BCUT2D eigenvalue weighted by Crippen LogP contribution is 2.46. The number of hydrogen-bond acceptors (Lipinski definition) is 5. The smallest absolute Gasteiger partial charge is 0.0947 e. The van der Waals surface area contributed by atoms with Crippen LogP contribution in [0.25, 0.3) is 0 Å². The predicted octanol–water partition coefficient (Wildman–Crippen LogP) is 6.03. The number of benzene rings is 1. The number of piperidine rings is 1. The fourth-order valence-corrected chi connectivity index (χ4v) is 6.12. The summed E-state index contributed by atoms with van der Waals surface area (Å²) in [4.78, 5) is 7.68. The molecule has 3 fully saturated rings. The third-order valence-corrected chi connectivity index (χ3v) is 8.53. The van der Waals surface area contributed by atoms with Crippen LogP contribution >= 0.6 is 0 Å². The molecule has 3 heterocycles. The lowest BCUT2D eigenvalue weighted by molar-refractivity contribution is 0.224. The van der Waals surface area contributed by atoms with E-state index in [1.54, 1.807) is 11.8 Å². The van der Waals surface area contributed by atoms with Gasteiger partial charge in [-0.2, -0.15) is 5.26 Å². The minimum absolute atomic E-state index is 0.230. The van der Waals surface area contributed by atoms with Crippen molar-refractivity contribution in [2.75, 3.05) is 49.1 Å². The van der Waals surface area contributed by atoms with Gasteiger partial charge in [-0.15, -0.1) is 0 Å². The molecule has 2 aromatic rings. The molecule has 34 heavy (non-hydrogen) atoms. The molecule has 0 spiro atoms. The lowest BCUT2D eigenvalue weighted by Gasteiger charge is -2.40. The van der Waals surface area contributed by atoms with Gasteiger partial charge in [0.15, 0.2) is 0 Å². The zero-order chi connectivity index (χ0) is 23.5. The zero-order valence-corrected chi connectivity index (χ0v) is 21.0. The number of rotatable bonds is 5. The Bertz CT molecular complexity index is 966. The van der Waals surface area contributed by atoms with Crippen molar-refractivity contribution in [2.24, 2.45) is 11.3 Å². The Kier molecular flexibility index (Phi) is 6.88. The number of anilines is 2. The van der Waals surface area contributed by atoms with Crippen molar-refractivity contribution < 1.29 is 4.42 Å². The summed E-state index contributed by atoms with van der Waals surface area (Å²) in [7, 11) is 0. The molecule has 1 aromatic heterocycles. The average molecular weight is 461 g/mol. The summed E-state index contributed by atoms with van der Waals surface area (Å²) in [5.74, 6) is 0.887. The molecular formula is C29H40N4O. The quantitative estimate of drug-likeness (QED) is 0.545. The van der Waals surface area contributed by atoms with E-state index < -0.39 is 0 Å². The van der Waals surface area contributed by atoms with E-state index >= 15 is 0 Å². The number of nitriles is 1. The standard InChI is InChI=1S/C29H40N4O/c1-29(2)10-5-25(6-11-29)27-19-26(32-12-7-23(20-30)8-13-32)3-4-28(27)33-16-14-31(15-17-33)21-24-9-18-34-22-24/h3-4,9,18-19,22-23,25H,5-8,10-17,21H2,1-2H3. The van der Waals surface area contributed by atoms with E-state index in [1.165, 1.54) is 42.6 Å². The van der Waals surface area contributed by atoms with E-state index in [-0.39, 0.29) is 5.92 Å². The van der Waals surface area contributed by atoms with Crippen LogP contribution in [0.5, 0.6) is 0 Å². The first kappa shape index (κ1) is 23.3. The van der Waals surface area contributed by atoms with E-state index in [9.17, 15) is 5.26 Å². The molecule has 5 rings (SSSR count). The molecular weight excluding hydrogens is 420 g/mol. The largest absolute Gasteiger partial charge is 0.472 e. The summed E-state index contributed by atoms with van der Waals surface area (Å²) in [6.07, 6.45) is 10.8. The van der Waals surface area contributed by atoms with Gasteiger partial charge in [0.2, 0.25) is 0 Å². The average Bonchev–Trinajstić information content (AvgIpc) is 3.37. The van der Waals surface area contributed by atoms with Gasteiger partial charge in [-0.05, 0) is 79.7 Å². The summed E-state index contributed by atoms with van der Waals surface area (Å²) in [6, 6.07) is 11.8. The summed E-state index contributed by atoms with van der Waals surface area (Å²) in [5, 5.41) is 9.29. The van der Waals surface area contributed by atoms with Gasteiger partial charge in [0.05, 0.1) is 18.6 Å². The van der Waals surface area contributed by atoms with Gasteiger partial charge in [-0.1, -0.05) is 13.8 Å². The molecule has 0 bridgehead atoms. The Hall–Kier alpha value is -2.45. The van der Waals surface area contributed by atoms with Gasteiger partial charge >= 0.3 is 0 Å². The van der Waals surface area contributed by atoms with Crippen molar-refractivity contribution >= 4 is 11.4 Å². The van der Waals surface area contributed by atoms with E-state index in [1.807, 2.05) is 6.26 Å². The molecule has 5 heteroatoms. The van der Waals surface area contributed by atoms with Gasteiger partial charge in [0.1, 0.15) is 0 Å². The lowest BCUT2D eigenvalue weighted by Crippen LogP contribution is -2.46. The minimum atomic E-state index is 0.230. The molecule has 1 aliphatic carbocycles. The Balaban J connectivity index is 1.33. The third kappa shape index (κ3) is 5.28. The highest BCUT2D eigenvalue weighted by Gasteiger charge is 2.31. The van der Waals surface area contributed by atoms with Gasteiger partial charge in [0.25, 0.3) is 0 Å². The molecule has 0 unspecified atom stereocenters. The SMILES string of the molecule is CC1(C)CCC(c2cc(N3CCC(C#N)CC3)ccc2N2CCN(Cc3ccoc3)CC2)CC1. The van der Waals surface area contributed by atoms with Crippen LogP contribution in [0.3, 0.4) is 0 Å². The van der Waals surface area contributed by atoms with Crippen LogP contribution in [0.2, 0.25) is 0 Å². The highest BCUT2D eigenvalue weighted by atomic mass is 16.3. The maximum absolute atomic E-state index is 9.29. The van der Waals surface area contributed by atoms with Crippen LogP contribution in [0.4, 0.5) is 11.4 Å². The molecule has 0 radical (unpaired) electrons. The second-order valence-electron chi connectivity index (χ2n) is 11.5. The fraction of sp³-hybridized carbons (Fsp3) is 0.621. The van der Waals surface area contributed by atoms with Gasteiger partial charge in [-0.25, -0.2) is 0 Å². The summed E-state index contributed by atoms with van der Waals surface area (Å²) >= 11 is 0. The van der Waals surface area contributed by atoms with Crippen molar-refractivity contribution in [3.63, 3.8) is 0 Å². The normalized spacial score (nSPS) is 22.6. The molecule has 5 nitrogen and oxygen atoms in total. The highest BCUT2D eigenvalue weighted by molar-refractivity contribution is 5.63. The van der Waals surface area contributed by atoms with Crippen LogP contribution in [0.1, 0.15) is 69.4 Å². The molecule has 0 amide bonds. The van der Waals surface area contributed by atoms with Crippen LogP contribution in [0, 0.1) is 22.7 Å². The first-order valence-corrected chi connectivity index (χ1v) is 13.3. The number of furan rings is 1. The molecule has 0 atom stereocenters. The number of nitrogens with zero attached hydrogens (tertiary/aromatic N) is 4. The lowest BCUT2D eigenvalue weighted by atomic mass is 9.71. The summed E-state index contributed by atoms with van der Waals surface area (Å²) in [5.41, 5.74) is 6.13. The van der Waals surface area contributed by atoms with Crippen LogP contribution in [-0.4, -0.2) is 44.2 Å². The van der Waals surface area contributed by atoms with E-state index in [2.05, 4.69) is 58.9 Å². The van der Waals surface area contributed by atoms with E-state index in [0.29, 0.717) is 11.3 Å². The van der Waals surface area contributed by atoms with Crippen LogP contribution in [-0.2, 0) is 6.54 Å². The molecule has 2 aliphatic heterocycles. The zero-order valence-electron chi connectivity index (χ0n) is 21.0. The topological polar surface area (TPSA) is 46.7 Å². The fourth-order valence-electron chi connectivity index (χ4n) is 6.12. The van der Waals surface area contributed by atoms with Gasteiger partial charge < -0.3 is 14.2 Å². The summed E-state index contributed by atoms with van der Waals surface area (Å²) < 4.78 is 5.26. The molecule has 1 saturated carbocycles. The van der Waals surface area contributed by atoms with Gasteiger partial charge in [-0.3, -0.25) is 4.90 Å². The van der Waals surface area contributed by atoms with Gasteiger partial charge in [0, 0.05) is 68.7 Å². The maximum atomic E-state index is 9.29. The van der Waals surface area contributed by atoms with Crippen molar-refractivity contribution in [1.29, 1.82) is 5.26 Å². The van der Waals surface area contributed by atoms with Crippen LogP contribution in [0.15, 0.2) is 41.2 Å². The van der Waals surface area contributed by atoms with Crippen molar-refractivity contribution in [3.8, 4) is 6.07 Å². The molecule has 2 saturated heterocycles. The second-order valence-corrected chi connectivity index (χ2v) is 11.5. The molecule has 0 N–H and O–H groups in total. The molecule has 182 valence electrons. The van der Waals surface area contributed by atoms with Crippen molar-refractivity contribution in [2.45, 2.75) is 64.8 Å². The Morgan fingerprint density at radius 2 is 1.68 bits per heavy atom. The maximum Gasteiger partial charge on any atom is 0.0947 e. The number of hydrogen-bond donors (Lipinski definition) is 0. The van der Waals surface area contributed by atoms with Crippen molar-refractivity contribution in [3.05, 3.63) is 47.9 Å².